The van der Waals surface area contributed by atoms with Gasteiger partial charge in [-0.25, -0.2) is 8.42 Å². The van der Waals surface area contributed by atoms with Gasteiger partial charge in [0, 0.05) is 18.7 Å². The Balaban J connectivity index is 1.74. The highest BCUT2D eigenvalue weighted by molar-refractivity contribution is 7.92. The number of nitrogens with zero attached hydrogens (tertiary/aromatic N) is 2. The van der Waals surface area contributed by atoms with E-state index in [-0.39, 0.29) is 34.8 Å². The Kier molecular flexibility index (Phi) is 10.9. The van der Waals surface area contributed by atoms with Gasteiger partial charge in [-0.3, -0.25) is 13.9 Å². The summed E-state index contributed by atoms with van der Waals surface area (Å²) >= 11 is 0. The van der Waals surface area contributed by atoms with E-state index in [1.54, 1.807) is 31.2 Å². The molecule has 4 rings (SSSR count). The van der Waals surface area contributed by atoms with Gasteiger partial charge in [0.2, 0.25) is 11.8 Å². The summed E-state index contributed by atoms with van der Waals surface area (Å²) in [6.45, 7) is 5.10. The van der Waals surface area contributed by atoms with Crippen molar-refractivity contribution in [1.82, 2.24) is 10.2 Å². The average Bonchev–Trinajstić information content (AvgIpc) is 3.03. The van der Waals surface area contributed by atoms with Crippen molar-refractivity contribution in [2.45, 2.75) is 76.4 Å². The van der Waals surface area contributed by atoms with E-state index in [0.29, 0.717) is 5.75 Å². The van der Waals surface area contributed by atoms with Crippen LogP contribution in [-0.2, 0) is 26.2 Å². The molecule has 2 amide bonds. The first-order valence-corrected chi connectivity index (χ1v) is 16.4. The molecule has 44 heavy (non-hydrogen) atoms. The number of anilines is 1. The highest BCUT2D eigenvalue weighted by Crippen LogP contribution is 2.36. The number of sulfonamides is 1. The van der Waals surface area contributed by atoms with E-state index in [1.165, 1.54) is 37.3 Å². The Morgan fingerprint density at radius 3 is 2.09 bits per heavy atom. The maximum absolute atomic E-state index is 14.3. The molecule has 1 fully saturated rings. The summed E-state index contributed by atoms with van der Waals surface area (Å²) in [4.78, 5) is 29.3. The topological polar surface area (TPSA) is 105 Å². The molecule has 0 unspecified atom stereocenters. The van der Waals surface area contributed by atoms with Crippen LogP contribution >= 0.6 is 0 Å². The lowest BCUT2D eigenvalue weighted by Crippen LogP contribution is -2.53. The van der Waals surface area contributed by atoms with E-state index in [4.69, 9.17) is 9.47 Å². The van der Waals surface area contributed by atoms with Gasteiger partial charge in [0.1, 0.15) is 24.1 Å². The summed E-state index contributed by atoms with van der Waals surface area (Å²) in [5, 5.41) is 3.13. The van der Waals surface area contributed by atoms with Crippen LogP contribution in [0, 0.1) is 13.8 Å². The van der Waals surface area contributed by atoms with E-state index in [0.717, 1.165) is 53.1 Å². The minimum absolute atomic E-state index is 0.0222. The molecule has 0 heterocycles. The number of ether oxygens (including phenoxy) is 2. The summed E-state index contributed by atoms with van der Waals surface area (Å²) < 4.78 is 40.4. The van der Waals surface area contributed by atoms with Gasteiger partial charge in [-0.15, -0.1) is 0 Å². The van der Waals surface area contributed by atoms with E-state index < -0.39 is 28.5 Å². The van der Waals surface area contributed by atoms with Crippen molar-refractivity contribution in [2.75, 3.05) is 25.1 Å². The molecule has 1 saturated carbocycles. The Morgan fingerprint density at radius 1 is 0.886 bits per heavy atom. The van der Waals surface area contributed by atoms with E-state index in [1.807, 2.05) is 38.1 Å². The molecule has 0 radical (unpaired) electrons. The minimum Gasteiger partial charge on any atom is -0.497 e. The highest BCUT2D eigenvalue weighted by Gasteiger charge is 2.34. The number of aryl methyl sites for hydroxylation is 2. The summed E-state index contributed by atoms with van der Waals surface area (Å²) in [5.41, 5.74) is 2.94. The summed E-state index contributed by atoms with van der Waals surface area (Å²) in [5.74, 6) is -0.141. The first-order valence-electron chi connectivity index (χ1n) is 15.0. The van der Waals surface area contributed by atoms with Crippen LogP contribution in [0.4, 0.5) is 5.69 Å². The number of carbonyl (C=O) groups is 2. The number of rotatable bonds is 12. The molecular formula is C34H43N3O6S. The fraction of sp³-hybridized carbons (Fsp3) is 0.412. The van der Waals surface area contributed by atoms with Gasteiger partial charge in [-0.1, -0.05) is 66.8 Å². The number of hydrogen-bond acceptors (Lipinski definition) is 6. The third-order valence-electron chi connectivity index (χ3n) is 8.13. The molecule has 3 aromatic rings. The minimum atomic E-state index is -4.25. The van der Waals surface area contributed by atoms with Gasteiger partial charge in [-0.2, -0.15) is 0 Å². The van der Waals surface area contributed by atoms with E-state index >= 15 is 0 Å². The second-order valence-electron chi connectivity index (χ2n) is 11.4. The Hall–Kier alpha value is -4.05. The van der Waals surface area contributed by atoms with Gasteiger partial charge in [0.25, 0.3) is 10.0 Å². The number of hydrogen-bond donors (Lipinski definition) is 1. The number of methoxy groups -OCH3 is 2. The molecule has 9 nitrogen and oxygen atoms in total. The standard InChI is InChI=1S/C34H43N3O6S/c1-24-11-15-27(16-12-24)22-36(26(3)34(39)35-28-9-7-6-8-10-28)33(38)23-37(31-21-29(42-4)17-20-32(31)43-5)44(40,41)30-18-13-25(2)14-19-30/h11-21,26,28H,6-10,22-23H2,1-5H3,(H,35,39)/t26-/m0/s1. The van der Waals surface area contributed by atoms with Crippen molar-refractivity contribution in [3.8, 4) is 11.5 Å². The number of carbonyl (C=O) groups excluding carboxylic acids is 2. The highest BCUT2D eigenvalue weighted by atomic mass is 32.2. The predicted molar refractivity (Wildman–Crippen MR) is 171 cm³/mol. The molecule has 0 saturated heterocycles. The lowest BCUT2D eigenvalue weighted by molar-refractivity contribution is -0.139. The molecule has 0 bridgehead atoms. The second kappa shape index (κ2) is 14.6. The van der Waals surface area contributed by atoms with Crippen LogP contribution < -0.4 is 19.1 Å². The zero-order valence-corrected chi connectivity index (χ0v) is 27.0. The maximum atomic E-state index is 14.3. The van der Waals surface area contributed by atoms with Gasteiger partial charge < -0.3 is 19.7 Å². The summed E-state index contributed by atoms with van der Waals surface area (Å²) in [6, 6.07) is 18.1. The third kappa shape index (κ3) is 7.91. The van der Waals surface area contributed by atoms with Gasteiger partial charge in [0.05, 0.1) is 24.8 Å². The fourth-order valence-electron chi connectivity index (χ4n) is 5.38. The van der Waals surface area contributed by atoms with Gasteiger partial charge in [-0.05, 0) is 63.4 Å². The lowest BCUT2D eigenvalue weighted by atomic mass is 9.95. The van der Waals surface area contributed by atoms with Crippen molar-refractivity contribution in [3.63, 3.8) is 0 Å². The van der Waals surface area contributed by atoms with Crippen LogP contribution in [0.25, 0.3) is 0 Å². The zero-order valence-electron chi connectivity index (χ0n) is 26.2. The second-order valence-corrected chi connectivity index (χ2v) is 13.3. The molecule has 10 heteroatoms. The van der Waals surface area contributed by atoms with Gasteiger partial charge >= 0.3 is 0 Å². The van der Waals surface area contributed by atoms with Crippen LogP contribution in [0.2, 0.25) is 0 Å². The molecule has 0 aliphatic heterocycles. The molecule has 1 atom stereocenters. The Morgan fingerprint density at radius 2 is 1.50 bits per heavy atom. The van der Waals surface area contributed by atoms with Crippen molar-refractivity contribution in [2.24, 2.45) is 0 Å². The molecule has 1 aliphatic carbocycles. The SMILES string of the molecule is COc1ccc(OC)c(N(CC(=O)N(Cc2ccc(C)cc2)[C@@H](C)C(=O)NC2CCCCC2)S(=O)(=O)c2ccc(C)cc2)c1. The van der Waals surface area contributed by atoms with E-state index in [2.05, 4.69) is 5.32 Å². The number of amides is 2. The third-order valence-corrected chi connectivity index (χ3v) is 9.91. The molecule has 0 aromatic heterocycles. The maximum Gasteiger partial charge on any atom is 0.264 e. The Bertz CT molecular complexity index is 1530. The number of benzene rings is 3. The smallest absolute Gasteiger partial charge is 0.264 e. The van der Waals surface area contributed by atoms with Crippen LogP contribution in [0.15, 0.2) is 71.6 Å². The molecule has 3 aromatic carbocycles. The van der Waals surface area contributed by atoms with Crippen LogP contribution in [0.5, 0.6) is 11.5 Å². The zero-order chi connectivity index (χ0) is 31.9. The fourth-order valence-corrected chi connectivity index (χ4v) is 6.80. The molecule has 1 N–H and O–H groups in total. The van der Waals surface area contributed by atoms with Crippen LogP contribution in [0.3, 0.4) is 0 Å². The van der Waals surface area contributed by atoms with Crippen molar-refractivity contribution in [1.29, 1.82) is 0 Å². The Labute approximate surface area is 261 Å². The van der Waals surface area contributed by atoms with Crippen molar-refractivity contribution in [3.05, 3.63) is 83.4 Å². The van der Waals surface area contributed by atoms with E-state index in [9.17, 15) is 18.0 Å². The molecule has 1 aliphatic rings. The molecule has 236 valence electrons. The van der Waals surface area contributed by atoms with Crippen molar-refractivity contribution >= 4 is 27.5 Å². The quantitative estimate of drug-likeness (QED) is 0.291. The number of nitrogens with one attached hydrogen (secondary N) is 1. The van der Waals surface area contributed by atoms with Crippen molar-refractivity contribution < 1.29 is 27.5 Å². The molecule has 0 spiro atoms. The predicted octanol–water partition coefficient (Wildman–Crippen LogP) is 5.38. The van der Waals surface area contributed by atoms with Gasteiger partial charge in [0.15, 0.2) is 0 Å². The average molecular weight is 622 g/mol. The first kappa shape index (κ1) is 32.9. The van der Waals surface area contributed by atoms with Crippen LogP contribution in [0.1, 0.15) is 55.7 Å². The summed E-state index contributed by atoms with van der Waals surface area (Å²) in [7, 11) is -1.34. The monoisotopic (exact) mass is 621 g/mol. The lowest BCUT2D eigenvalue weighted by Gasteiger charge is -2.33. The first-order chi connectivity index (χ1) is 21.0. The largest absolute Gasteiger partial charge is 0.497 e. The normalized spacial score (nSPS) is 14.4. The summed E-state index contributed by atoms with van der Waals surface area (Å²) in [6.07, 6.45) is 5.07. The van der Waals surface area contributed by atoms with Crippen LogP contribution in [-0.4, -0.2) is 58.0 Å². The molecular weight excluding hydrogens is 578 g/mol.